The van der Waals surface area contributed by atoms with Crippen LogP contribution in [0, 0.1) is 6.92 Å². The largest absolute Gasteiger partial charge is 0.431 e. The van der Waals surface area contributed by atoms with Crippen molar-refractivity contribution in [3.8, 4) is 0 Å². The predicted octanol–water partition coefficient (Wildman–Crippen LogP) is 4.20. The zero-order valence-corrected chi connectivity index (χ0v) is 12.1. The molecule has 0 aromatic heterocycles. The molecule has 0 amide bonds. The Kier molecular flexibility index (Phi) is 4.90. The summed E-state index contributed by atoms with van der Waals surface area (Å²) in [7, 11) is 0. The van der Waals surface area contributed by atoms with Gasteiger partial charge in [0, 0.05) is 16.7 Å². The highest BCUT2D eigenvalue weighted by Gasteiger charge is 2.06. The first-order chi connectivity index (χ1) is 10.1. The Morgan fingerprint density at radius 3 is 2.14 bits per heavy atom. The van der Waals surface area contributed by atoms with Crippen LogP contribution in [0.3, 0.4) is 0 Å². The molecular weight excluding hydrogens is 288 g/mol. The molecule has 0 aliphatic heterocycles. The van der Waals surface area contributed by atoms with Crippen LogP contribution in [0.25, 0.3) is 0 Å². The Labute approximate surface area is 127 Å². The van der Waals surface area contributed by atoms with Crippen LogP contribution in [-0.4, -0.2) is 11.8 Å². The molecule has 0 unspecified atom stereocenters. The van der Waals surface area contributed by atoms with Gasteiger partial charge in [-0.1, -0.05) is 41.4 Å². The van der Waals surface area contributed by atoms with Crippen LogP contribution in [0.4, 0.5) is 0 Å². The van der Waals surface area contributed by atoms with Gasteiger partial charge in [-0.2, -0.15) is 0 Å². The highest BCUT2D eigenvalue weighted by atomic mass is 35.5. The van der Waals surface area contributed by atoms with Crippen LogP contribution in [0.5, 0.6) is 0 Å². The Hall–Kier alpha value is -2.39. The number of ketones is 1. The summed E-state index contributed by atoms with van der Waals surface area (Å²) in [6.45, 7) is 1.94. The number of hydrogen-bond donors (Lipinski definition) is 0. The van der Waals surface area contributed by atoms with E-state index in [-0.39, 0.29) is 5.78 Å². The summed E-state index contributed by atoms with van der Waals surface area (Å²) in [5, 5.41) is 0.539. The second kappa shape index (κ2) is 6.86. The van der Waals surface area contributed by atoms with Crippen LogP contribution in [0.2, 0.25) is 5.02 Å². The summed E-state index contributed by atoms with van der Waals surface area (Å²) < 4.78 is 4.90. The predicted molar refractivity (Wildman–Crippen MR) is 81.5 cm³/mol. The summed E-state index contributed by atoms with van der Waals surface area (Å²) in [4.78, 5) is 23.5. The van der Waals surface area contributed by atoms with E-state index >= 15 is 0 Å². The van der Waals surface area contributed by atoms with E-state index in [1.165, 1.54) is 6.08 Å². The number of carbonyl (C=O) groups excluding carboxylic acids is 2. The number of halogens is 1. The molecule has 0 heterocycles. The Balaban J connectivity index is 1.95. The lowest BCUT2D eigenvalue weighted by molar-refractivity contribution is 0.0662. The van der Waals surface area contributed by atoms with E-state index in [4.69, 9.17) is 16.3 Å². The topological polar surface area (TPSA) is 43.4 Å². The van der Waals surface area contributed by atoms with E-state index in [2.05, 4.69) is 0 Å². The quantitative estimate of drug-likeness (QED) is 0.368. The van der Waals surface area contributed by atoms with Crippen molar-refractivity contribution in [1.29, 1.82) is 0 Å². The van der Waals surface area contributed by atoms with Crippen LogP contribution >= 0.6 is 11.6 Å². The van der Waals surface area contributed by atoms with Gasteiger partial charge in [-0.15, -0.1) is 0 Å². The number of ether oxygens (including phenoxy) is 1. The van der Waals surface area contributed by atoms with E-state index in [1.807, 2.05) is 19.1 Å². The van der Waals surface area contributed by atoms with Gasteiger partial charge in [0.1, 0.15) is 0 Å². The molecule has 0 fully saturated rings. The first kappa shape index (κ1) is 15.0. The average Bonchev–Trinajstić information content (AvgIpc) is 2.48. The lowest BCUT2D eigenvalue weighted by atomic mass is 10.1. The Bertz CT molecular complexity index is 670. The molecule has 0 aliphatic rings. The van der Waals surface area contributed by atoms with Gasteiger partial charge in [0.05, 0.1) is 11.8 Å². The number of benzene rings is 2. The average molecular weight is 301 g/mol. The molecule has 2 aromatic rings. The van der Waals surface area contributed by atoms with Crippen LogP contribution in [0.15, 0.2) is 60.9 Å². The van der Waals surface area contributed by atoms with Gasteiger partial charge >= 0.3 is 5.97 Å². The third-order valence-corrected chi connectivity index (χ3v) is 3.06. The molecule has 3 nitrogen and oxygen atoms in total. The molecule has 0 N–H and O–H groups in total. The first-order valence-corrected chi connectivity index (χ1v) is 6.68. The van der Waals surface area contributed by atoms with E-state index in [0.717, 1.165) is 11.8 Å². The third kappa shape index (κ3) is 4.29. The molecule has 4 heteroatoms. The smallest absolute Gasteiger partial charge is 0.342 e. The van der Waals surface area contributed by atoms with E-state index in [0.29, 0.717) is 16.1 Å². The molecule has 0 saturated heterocycles. The second-order valence-electron chi connectivity index (χ2n) is 4.45. The SMILES string of the molecule is Cc1ccc(C(=O)/C=C/OC(=O)c2ccc(Cl)cc2)cc1. The van der Waals surface area contributed by atoms with Crippen LogP contribution in [0.1, 0.15) is 26.3 Å². The lowest BCUT2D eigenvalue weighted by Gasteiger charge is -1.99. The first-order valence-electron chi connectivity index (χ1n) is 6.30. The van der Waals surface area contributed by atoms with Gasteiger partial charge in [-0.05, 0) is 31.2 Å². The molecule has 0 spiro atoms. The summed E-state index contributed by atoms with van der Waals surface area (Å²) in [5.41, 5.74) is 1.98. The fraction of sp³-hybridized carbons (Fsp3) is 0.0588. The summed E-state index contributed by atoms with van der Waals surface area (Å²) in [6.07, 6.45) is 2.32. The van der Waals surface area contributed by atoms with Crippen molar-refractivity contribution in [3.63, 3.8) is 0 Å². The minimum atomic E-state index is -0.542. The van der Waals surface area contributed by atoms with E-state index in [1.54, 1.807) is 36.4 Å². The molecule has 2 rings (SSSR count). The molecular formula is C17H13ClO3. The van der Waals surface area contributed by atoms with Crippen molar-refractivity contribution >= 4 is 23.4 Å². The third-order valence-electron chi connectivity index (χ3n) is 2.81. The normalized spacial score (nSPS) is 10.6. The van der Waals surface area contributed by atoms with Crippen molar-refractivity contribution in [2.75, 3.05) is 0 Å². The van der Waals surface area contributed by atoms with Crippen molar-refractivity contribution < 1.29 is 14.3 Å². The van der Waals surface area contributed by atoms with E-state index in [9.17, 15) is 9.59 Å². The molecule has 2 aromatic carbocycles. The molecule has 0 aliphatic carbocycles. The maximum absolute atomic E-state index is 11.8. The summed E-state index contributed by atoms with van der Waals surface area (Å²) in [5.74, 6) is -0.765. The van der Waals surface area contributed by atoms with Crippen molar-refractivity contribution in [2.24, 2.45) is 0 Å². The Morgan fingerprint density at radius 2 is 1.52 bits per heavy atom. The van der Waals surface area contributed by atoms with Gasteiger partial charge in [0.2, 0.25) is 0 Å². The molecule has 0 bridgehead atoms. The summed E-state index contributed by atoms with van der Waals surface area (Å²) >= 11 is 5.73. The summed E-state index contributed by atoms with van der Waals surface area (Å²) in [6, 6.07) is 13.5. The molecule has 0 saturated carbocycles. The molecule has 21 heavy (non-hydrogen) atoms. The van der Waals surface area contributed by atoms with Gasteiger partial charge in [0.25, 0.3) is 0 Å². The highest BCUT2D eigenvalue weighted by Crippen LogP contribution is 2.10. The monoisotopic (exact) mass is 300 g/mol. The zero-order valence-electron chi connectivity index (χ0n) is 11.4. The zero-order chi connectivity index (χ0) is 15.2. The van der Waals surface area contributed by atoms with Crippen LogP contribution < -0.4 is 0 Å². The van der Waals surface area contributed by atoms with Gasteiger partial charge in [-0.25, -0.2) is 4.79 Å². The van der Waals surface area contributed by atoms with Gasteiger partial charge in [-0.3, -0.25) is 4.79 Å². The second-order valence-corrected chi connectivity index (χ2v) is 4.88. The molecule has 106 valence electrons. The molecule has 0 atom stereocenters. The van der Waals surface area contributed by atoms with E-state index < -0.39 is 5.97 Å². The number of rotatable bonds is 4. The maximum Gasteiger partial charge on any atom is 0.342 e. The van der Waals surface area contributed by atoms with Gasteiger partial charge in [0.15, 0.2) is 5.78 Å². The lowest BCUT2D eigenvalue weighted by Crippen LogP contribution is -2.01. The number of hydrogen-bond acceptors (Lipinski definition) is 3. The minimum absolute atomic E-state index is 0.223. The van der Waals surface area contributed by atoms with Crippen molar-refractivity contribution in [1.82, 2.24) is 0 Å². The number of carbonyl (C=O) groups is 2. The fourth-order valence-electron chi connectivity index (χ4n) is 1.63. The number of allylic oxidation sites excluding steroid dienone is 1. The maximum atomic E-state index is 11.8. The standard InChI is InChI=1S/C17H13ClO3/c1-12-2-4-13(5-3-12)16(19)10-11-21-17(20)14-6-8-15(18)9-7-14/h2-11H,1H3/b11-10+. The van der Waals surface area contributed by atoms with Crippen LogP contribution in [-0.2, 0) is 4.74 Å². The fourth-order valence-corrected chi connectivity index (χ4v) is 1.75. The number of aryl methyl sites for hydroxylation is 1. The van der Waals surface area contributed by atoms with Crippen molar-refractivity contribution in [2.45, 2.75) is 6.92 Å². The Morgan fingerprint density at radius 1 is 0.952 bits per heavy atom. The van der Waals surface area contributed by atoms with Crippen molar-refractivity contribution in [3.05, 3.63) is 82.6 Å². The highest BCUT2D eigenvalue weighted by molar-refractivity contribution is 6.30. The van der Waals surface area contributed by atoms with Gasteiger partial charge < -0.3 is 4.74 Å². The minimum Gasteiger partial charge on any atom is -0.431 e. The molecule has 0 radical (unpaired) electrons. The number of esters is 1.